The summed E-state index contributed by atoms with van der Waals surface area (Å²) in [6, 6.07) is 7.91. The van der Waals surface area contributed by atoms with Gasteiger partial charge in [0, 0.05) is 31.6 Å². The molecule has 0 atom stereocenters. The van der Waals surface area contributed by atoms with Gasteiger partial charge >= 0.3 is 0 Å². The highest BCUT2D eigenvalue weighted by molar-refractivity contribution is 5.75. The number of aromatic nitrogens is 1. The molecule has 0 radical (unpaired) electrons. The van der Waals surface area contributed by atoms with Gasteiger partial charge in [0.2, 0.25) is 5.91 Å². The third kappa shape index (κ3) is 4.73. The molecule has 1 N–H and O–H groups in total. The van der Waals surface area contributed by atoms with Crippen molar-refractivity contribution >= 4 is 11.6 Å². The highest BCUT2D eigenvalue weighted by Crippen LogP contribution is 2.07. The van der Waals surface area contributed by atoms with Crippen molar-refractivity contribution in [3.63, 3.8) is 0 Å². The molecule has 7 nitrogen and oxygen atoms in total. The average Bonchev–Trinajstić information content (AvgIpc) is 2.53. The van der Waals surface area contributed by atoms with Crippen LogP contribution in [0.5, 0.6) is 0 Å². The molecule has 23 heavy (non-hydrogen) atoms. The molecule has 0 unspecified atom stereocenters. The number of rotatable bonds is 6. The van der Waals surface area contributed by atoms with Gasteiger partial charge in [-0.25, -0.2) is 4.39 Å². The van der Waals surface area contributed by atoms with E-state index in [0.29, 0.717) is 0 Å². The van der Waals surface area contributed by atoms with Gasteiger partial charge < -0.3 is 9.88 Å². The number of hydrogen-bond donors (Lipinski definition) is 1. The number of benzene rings is 1. The van der Waals surface area contributed by atoms with Crippen molar-refractivity contribution in [2.45, 2.75) is 19.5 Å². The molecule has 0 spiro atoms. The monoisotopic (exact) mass is 319 g/mol. The van der Waals surface area contributed by atoms with Crippen LogP contribution in [0.25, 0.3) is 0 Å². The molecule has 2 aromatic rings. The minimum Gasteiger partial charge on any atom is -0.352 e. The standard InChI is InChI=1S/C15H14FN3O4/c16-12-3-1-11(2-4-12)9-17-14(20)7-8-18-10-13(19(22)23)5-6-15(18)21/h1-6,10H,7-9H2,(H,17,20). The van der Waals surface area contributed by atoms with Gasteiger partial charge in [0.15, 0.2) is 0 Å². The minimum atomic E-state index is -0.607. The van der Waals surface area contributed by atoms with Crippen LogP contribution in [0.1, 0.15) is 12.0 Å². The second-order valence-corrected chi connectivity index (χ2v) is 4.83. The Labute approximate surface area is 130 Å². The summed E-state index contributed by atoms with van der Waals surface area (Å²) in [5.74, 6) is -0.669. The molecule has 1 heterocycles. The van der Waals surface area contributed by atoms with Crippen LogP contribution in [0.4, 0.5) is 10.1 Å². The molecule has 0 aliphatic carbocycles. The van der Waals surface area contributed by atoms with Gasteiger partial charge in [-0.1, -0.05) is 12.1 Å². The Balaban J connectivity index is 1.89. The Morgan fingerprint density at radius 2 is 1.91 bits per heavy atom. The van der Waals surface area contributed by atoms with Crippen molar-refractivity contribution in [1.29, 1.82) is 0 Å². The van der Waals surface area contributed by atoms with Crippen LogP contribution in [-0.4, -0.2) is 15.4 Å². The van der Waals surface area contributed by atoms with Crippen LogP contribution < -0.4 is 10.9 Å². The Hall–Kier alpha value is -3.03. The Morgan fingerprint density at radius 1 is 1.22 bits per heavy atom. The van der Waals surface area contributed by atoms with Crippen molar-refractivity contribution in [3.05, 3.63) is 74.4 Å². The number of halogens is 1. The number of carbonyl (C=O) groups excluding carboxylic acids is 1. The van der Waals surface area contributed by atoms with E-state index in [4.69, 9.17) is 0 Å². The SMILES string of the molecule is O=C(CCn1cc([N+](=O)[O-])ccc1=O)NCc1ccc(F)cc1. The fourth-order valence-electron chi connectivity index (χ4n) is 1.91. The van der Waals surface area contributed by atoms with Crippen molar-refractivity contribution in [1.82, 2.24) is 9.88 Å². The van der Waals surface area contributed by atoms with Crippen LogP contribution in [0.15, 0.2) is 47.4 Å². The largest absolute Gasteiger partial charge is 0.352 e. The number of nitrogens with zero attached hydrogens (tertiary/aromatic N) is 2. The van der Waals surface area contributed by atoms with Gasteiger partial charge in [-0.3, -0.25) is 19.7 Å². The predicted molar refractivity (Wildman–Crippen MR) is 80.2 cm³/mol. The van der Waals surface area contributed by atoms with Gasteiger partial charge in [-0.2, -0.15) is 0 Å². The quantitative estimate of drug-likeness (QED) is 0.646. The topological polar surface area (TPSA) is 94.2 Å². The van der Waals surface area contributed by atoms with Crippen LogP contribution in [0.3, 0.4) is 0 Å². The average molecular weight is 319 g/mol. The molecule has 0 saturated heterocycles. The number of carbonyl (C=O) groups is 1. The molecule has 1 aromatic carbocycles. The number of aryl methyl sites for hydroxylation is 1. The lowest BCUT2D eigenvalue weighted by molar-refractivity contribution is -0.385. The number of hydrogen-bond acceptors (Lipinski definition) is 4. The third-order valence-corrected chi connectivity index (χ3v) is 3.16. The zero-order valence-electron chi connectivity index (χ0n) is 12.1. The number of nitrogens with one attached hydrogen (secondary N) is 1. The summed E-state index contributed by atoms with van der Waals surface area (Å²) < 4.78 is 13.9. The van der Waals surface area contributed by atoms with E-state index in [9.17, 15) is 24.1 Å². The number of pyridine rings is 1. The smallest absolute Gasteiger partial charge is 0.285 e. The lowest BCUT2D eigenvalue weighted by Gasteiger charge is -2.07. The normalized spacial score (nSPS) is 10.3. The fourth-order valence-corrected chi connectivity index (χ4v) is 1.91. The minimum absolute atomic E-state index is 0.00225. The number of nitro groups is 1. The Bertz CT molecular complexity index is 771. The first kappa shape index (κ1) is 16.3. The zero-order chi connectivity index (χ0) is 16.8. The summed E-state index contributed by atoms with van der Waals surface area (Å²) in [4.78, 5) is 33.4. The number of amides is 1. The molecule has 0 fully saturated rings. The van der Waals surface area contributed by atoms with E-state index in [1.807, 2.05) is 0 Å². The highest BCUT2D eigenvalue weighted by Gasteiger charge is 2.09. The lowest BCUT2D eigenvalue weighted by Crippen LogP contribution is -2.26. The van der Waals surface area contributed by atoms with E-state index in [1.165, 1.54) is 12.1 Å². The molecule has 0 aliphatic heterocycles. The van der Waals surface area contributed by atoms with E-state index in [1.54, 1.807) is 12.1 Å². The Kier molecular flexibility index (Phi) is 5.19. The van der Waals surface area contributed by atoms with Gasteiger partial charge in [0.25, 0.3) is 11.2 Å². The first-order valence-corrected chi connectivity index (χ1v) is 6.82. The van der Waals surface area contributed by atoms with E-state index in [-0.39, 0.29) is 36.9 Å². The first-order chi connectivity index (χ1) is 11.0. The Morgan fingerprint density at radius 3 is 2.57 bits per heavy atom. The molecule has 0 aliphatic rings. The third-order valence-electron chi connectivity index (χ3n) is 3.16. The molecule has 0 saturated carbocycles. The summed E-state index contributed by atoms with van der Waals surface area (Å²) >= 11 is 0. The van der Waals surface area contributed by atoms with Gasteiger partial charge in [-0.05, 0) is 17.7 Å². The van der Waals surface area contributed by atoms with Crippen LogP contribution in [0.2, 0.25) is 0 Å². The molecule has 2 rings (SSSR count). The lowest BCUT2D eigenvalue weighted by atomic mass is 10.2. The molecule has 8 heteroatoms. The van der Waals surface area contributed by atoms with E-state index < -0.39 is 10.5 Å². The van der Waals surface area contributed by atoms with Crippen molar-refractivity contribution in [2.24, 2.45) is 0 Å². The summed E-state index contributed by atoms with van der Waals surface area (Å²) in [7, 11) is 0. The summed E-state index contributed by atoms with van der Waals surface area (Å²) in [5, 5.41) is 13.3. The fraction of sp³-hybridized carbons (Fsp3) is 0.200. The van der Waals surface area contributed by atoms with Gasteiger partial charge in [-0.15, -0.1) is 0 Å². The van der Waals surface area contributed by atoms with Crippen molar-refractivity contribution < 1.29 is 14.1 Å². The van der Waals surface area contributed by atoms with Gasteiger partial charge in [0.1, 0.15) is 5.82 Å². The predicted octanol–water partition coefficient (Wildman–Crippen LogP) is 1.60. The summed E-state index contributed by atoms with van der Waals surface area (Å²) in [5.41, 5.74) is 0.116. The van der Waals surface area contributed by atoms with E-state index >= 15 is 0 Å². The molecule has 0 bridgehead atoms. The van der Waals surface area contributed by atoms with E-state index in [0.717, 1.165) is 28.5 Å². The second kappa shape index (κ2) is 7.30. The first-order valence-electron chi connectivity index (χ1n) is 6.82. The van der Waals surface area contributed by atoms with Crippen molar-refractivity contribution in [3.8, 4) is 0 Å². The van der Waals surface area contributed by atoms with Crippen LogP contribution in [-0.2, 0) is 17.9 Å². The molecule has 120 valence electrons. The maximum Gasteiger partial charge on any atom is 0.285 e. The summed E-state index contributed by atoms with van der Waals surface area (Å²) in [6.45, 7) is 0.277. The molecule has 1 aromatic heterocycles. The maximum atomic E-state index is 12.8. The highest BCUT2D eigenvalue weighted by atomic mass is 19.1. The second-order valence-electron chi connectivity index (χ2n) is 4.83. The molecular weight excluding hydrogens is 305 g/mol. The van der Waals surface area contributed by atoms with Crippen LogP contribution in [0, 0.1) is 15.9 Å². The molecular formula is C15H14FN3O4. The zero-order valence-corrected chi connectivity index (χ0v) is 12.1. The molecule has 1 amide bonds. The summed E-state index contributed by atoms with van der Waals surface area (Å²) in [6.07, 6.45) is 1.11. The van der Waals surface area contributed by atoms with Crippen molar-refractivity contribution in [2.75, 3.05) is 0 Å². The van der Waals surface area contributed by atoms with E-state index in [2.05, 4.69) is 5.32 Å². The van der Waals surface area contributed by atoms with Gasteiger partial charge in [0.05, 0.1) is 11.1 Å². The maximum absolute atomic E-state index is 12.8. The van der Waals surface area contributed by atoms with Crippen LogP contribution >= 0.6 is 0 Å².